The zero-order chi connectivity index (χ0) is 19.8. The molecule has 0 spiro atoms. The first kappa shape index (κ1) is 21.0. The van der Waals surface area contributed by atoms with E-state index in [0.717, 1.165) is 37.0 Å². The van der Waals surface area contributed by atoms with E-state index >= 15 is 0 Å². The van der Waals surface area contributed by atoms with E-state index in [-0.39, 0.29) is 40.7 Å². The number of thiophene rings is 1. The van der Waals surface area contributed by atoms with Crippen LogP contribution in [-0.4, -0.2) is 37.2 Å². The lowest BCUT2D eigenvalue weighted by molar-refractivity contribution is 0.0527. The number of rotatable bonds is 7. The molecule has 0 unspecified atom stereocenters. The number of hydrogen-bond donors (Lipinski definition) is 2. The number of nitrogens with one attached hydrogen (secondary N) is 2. The molecule has 1 fully saturated rings. The second kappa shape index (κ2) is 10.1. The van der Waals surface area contributed by atoms with E-state index in [9.17, 15) is 14.4 Å². The van der Waals surface area contributed by atoms with Gasteiger partial charge in [0.1, 0.15) is 16.5 Å². The molecule has 148 valence electrons. The molecule has 0 atom stereocenters. The number of anilines is 1. The highest BCUT2D eigenvalue weighted by Gasteiger charge is 2.27. The number of amides is 2. The number of esters is 2. The highest BCUT2D eigenvalue weighted by atomic mass is 32.1. The van der Waals surface area contributed by atoms with Crippen LogP contribution in [0.2, 0.25) is 0 Å². The van der Waals surface area contributed by atoms with Crippen molar-refractivity contribution >= 4 is 34.3 Å². The highest BCUT2D eigenvalue weighted by molar-refractivity contribution is 7.18. The molecule has 8 heteroatoms. The van der Waals surface area contributed by atoms with Crippen molar-refractivity contribution in [3.8, 4) is 0 Å². The number of hydrogen-bond acceptors (Lipinski definition) is 6. The van der Waals surface area contributed by atoms with Gasteiger partial charge >= 0.3 is 18.0 Å². The first-order valence-electron chi connectivity index (χ1n) is 9.13. The molecule has 2 N–H and O–H groups in total. The average Bonchev–Trinajstić information content (AvgIpc) is 2.96. The van der Waals surface area contributed by atoms with Gasteiger partial charge in [-0.05, 0) is 32.3 Å². The molecule has 2 rings (SSSR count). The van der Waals surface area contributed by atoms with Crippen LogP contribution >= 0.6 is 11.3 Å². The number of carbonyl (C=O) groups is 3. The van der Waals surface area contributed by atoms with E-state index in [0.29, 0.717) is 5.56 Å². The van der Waals surface area contributed by atoms with Gasteiger partial charge in [-0.15, -0.1) is 11.3 Å². The fraction of sp³-hybridized carbons (Fsp3) is 0.526. The Morgan fingerprint density at radius 3 is 2.52 bits per heavy atom. The summed E-state index contributed by atoms with van der Waals surface area (Å²) < 4.78 is 10.1. The molecule has 1 saturated carbocycles. The van der Waals surface area contributed by atoms with Crippen LogP contribution in [0, 0.1) is 6.92 Å². The van der Waals surface area contributed by atoms with Gasteiger partial charge in [-0.2, -0.15) is 0 Å². The SMILES string of the molecule is C=CCOC(=O)c1sc(NC(=O)NC2CCCCC2)c(C(=O)OCC)c1C. The van der Waals surface area contributed by atoms with Crippen molar-refractivity contribution in [3.63, 3.8) is 0 Å². The van der Waals surface area contributed by atoms with Crippen molar-refractivity contribution in [3.05, 3.63) is 28.7 Å². The van der Waals surface area contributed by atoms with Gasteiger partial charge in [-0.3, -0.25) is 5.32 Å². The number of carbonyl (C=O) groups excluding carboxylic acids is 3. The third-order valence-electron chi connectivity index (χ3n) is 4.31. The average molecular weight is 394 g/mol. The summed E-state index contributed by atoms with van der Waals surface area (Å²) in [4.78, 5) is 37.2. The van der Waals surface area contributed by atoms with Crippen molar-refractivity contribution in [2.75, 3.05) is 18.5 Å². The van der Waals surface area contributed by atoms with Gasteiger partial charge < -0.3 is 14.8 Å². The maximum atomic E-state index is 12.4. The van der Waals surface area contributed by atoms with E-state index in [2.05, 4.69) is 17.2 Å². The zero-order valence-electron chi connectivity index (χ0n) is 15.8. The van der Waals surface area contributed by atoms with Gasteiger partial charge in [0.2, 0.25) is 0 Å². The molecule has 0 saturated heterocycles. The Balaban J connectivity index is 2.21. The smallest absolute Gasteiger partial charge is 0.348 e. The lowest BCUT2D eigenvalue weighted by Gasteiger charge is -2.22. The molecule has 1 aliphatic carbocycles. The summed E-state index contributed by atoms with van der Waals surface area (Å²) in [6, 6.07) is -0.261. The topological polar surface area (TPSA) is 93.7 Å². The summed E-state index contributed by atoms with van der Waals surface area (Å²) in [5, 5.41) is 5.92. The van der Waals surface area contributed by atoms with Crippen LogP contribution in [0.15, 0.2) is 12.7 Å². The van der Waals surface area contributed by atoms with Crippen LogP contribution in [0.1, 0.15) is 64.6 Å². The summed E-state index contributed by atoms with van der Waals surface area (Å²) in [6.45, 7) is 7.10. The van der Waals surface area contributed by atoms with E-state index in [1.807, 2.05) is 0 Å². The van der Waals surface area contributed by atoms with Crippen molar-refractivity contribution in [2.45, 2.75) is 52.0 Å². The van der Waals surface area contributed by atoms with Crippen LogP contribution < -0.4 is 10.6 Å². The van der Waals surface area contributed by atoms with Crippen LogP contribution in [0.5, 0.6) is 0 Å². The van der Waals surface area contributed by atoms with Gasteiger partial charge in [0.05, 0.1) is 12.2 Å². The van der Waals surface area contributed by atoms with Gasteiger partial charge in [0.25, 0.3) is 0 Å². The summed E-state index contributed by atoms with van der Waals surface area (Å²) in [5.74, 6) is -1.15. The third-order valence-corrected chi connectivity index (χ3v) is 5.50. The molecule has 2 amide bonds. The number of urea groups is 1. The molecule has 0 aliphatic heterocycles. The van der Waals surface area contributed by atoms with Crippen LogP contribution in [-0.2, 0) is 9.47 Å². The second-order valence-corrected chi connectivity index (χ2v) is 7.32. The molecule has 0 bridgehead atoms. The largest absolute Gasteiger partial charge is 0.462 e. The Bertz CT molecular complexity index is 707. The Morgan fingerprint density at radius 2 is 1.89 bits per heavy atom. The normalized spacial score (nSPS) is 14.3. The summed E-state index contributed by atoms with van der Waals surface area (Å²) >= 11 is 1.01. The molecule has 0 aromatic carbocycles. The molecular formula is C19H26N2O5S. The minimum atomic E-state index is -0.581. The van der Waals surface area contributed by atoms with E-state index < -0.39 is 11.9 Å². The maximum absolute atomic E-state index is 12.4. The summed E-state index contributed by atoms with van der Waals surface area (Å²) in [6.07, 6.45) is 6.73. The molecular weight excluding hydrogens is 368 g/mol. The fourth-order valence-electron chi connectivity index (χ4n) is 3.02. The standard InChI is InChI=1S/C19H26N2O5S/c1-4-11-26-18(23)15-12(3)14(17(22)25-5-2)16(27-15)21-19(24)20-13-9-7-6-8-10-13/h4,13H,1,5-11H2,2-3H3,(H2,20,21,24). The van der Waals surface area contributed by atoms with Gasteiger partial charge in [-0.1, -0.05) is 31.9 Å². The molecule has 1 heterocycles. The van der Waals surface area contributed by atoms with Gasteiger partial charge in [0.15, 0.2) is 0 Å². The van der Waals surface area contributed by atoms with Gasteiger partial charge in [0, 0.05) is 6.04 Å². The predicted octanol–water partition coefficient (Wildman–Crippen LogP) is 4.03. The van der Waals surface area contributed by atoms with Crippen LogP contribution in [0.4, 0.5) is 9.80 Å². The number of ether oxygens (including phenoxy) is 2. The first-order valence-corrected chi connectivity index (χ1v) is 9.95. The summed E-state index contributed by atoms with van der Waals surface area (Å²) in [7, 11) is 0. The molecule has 1 aromatic heterocycles. The van der Waals surface area contributed by atoms with Crippen LogP contribution in [0.3, 0.4) is 0 Å². The minimum absolute atomic E-state index is 0.0653. The second-order valence-electron chi connectivity index (χ2n) is 6.30. The Morgan fingerprint density at radius 1 is 1.19 bits per heavy atom. The molecule has 1 aliphatic rings. The Hall–Kier alpha value is -2.35. The monoisotopic (exact) mass is 394 g/mol. The fourth-order valence-corrected chi connectivity index (χ4v) is 4.10. The third kappa shape index (κ3) is 5.56. The van der Waals surface area contributed by atoms with Crippen molar-refractivity contribution < 1.29 is 23.9 Å². The Labute approximate surface area is 163 Å². The molecule has 7 nitrogen and oxygen atoms in total. The Kier molecular flexibility index (Phi) is 7.84. The first-order chi connectivity index (χ1) is 13.0. The molecule has 27 heavy (non-hydrogen) atoms. The summed E-state index contributed by atoms with van der Waals surface area (Å²) in [5.41, 5.74) is 0.617. The van der Waals surface area contributed by atoms with Gasteiger partial charge in [-0.25, -0.2) is 14.4 Å². The van der Waals surface area contributed by atoms with E-state index in [1.54, 1.807) is 13.8 Å². The van der Waals surface area contributed by atoms with Crippen molar-refractivity contribution in [2.24, 2.45) is 0 Å². The molecule has 0 radical (unpaired) electrons. The predicted molar refractivity (Wildman–Crippen MR) is 105 cm³/mol. The van der Waals surface area contributed by atoms with Crippen molar-refractivity contribution in [1.82, 2.24) is 5.32 Å². The lowest BCUT2D eigenvalue weighted by Crippen LogP contribution is -2.39. The van der Waals surface area contributed by atoms with E-state index in [1.165, 1.54) is 12.5 Å². The quantitative estimate of drug-likeness (QED) is 0.538. The van der Waals surface area contributed by atoms with Crippen LogP contribution in [0.25, 0.3) is 0 Å². The lowest BCUT2D eigenvalue weighted by atomic mass is 9.96. The molecule has 1 aromatic rings. The zero-order valence-corrected chi connectivity index (χ0v) is 16.6. The highest BCUT2D eigenvalue weighted by Crippen LogP contribution is 2.34. The van der Waals surface area contributed by atoms with E-state index in [4.69, 9.17) is 9.47 Å². The maximum Gasteiger partial charge on any atom is 0.348 e. The van der Waals surface area contributed by atoms with Crippen molar-refractivity contribution in [1.29, 1.82) is 0 Å². The minimum Gasteiger partial charge on any atom is -0.462 e.